The monoisotopic (exact) mass is 1560 g/mol. The molecule has 1 fully saturated rings. The zero-order chi connectivity index (χ0) is 79.4. The number of unbranched alkanes of at least 4 members (excludes halogenated alkanes) is 8. The molecule has 15 nitrogen and oxygen atoms in total. The Kier molecular flexibility index (Phi) is 32.6. The number of aliphatic hydroxyl groups excluding tert-OH is 4. The SMILES string of the molecule is NCCCC[C@H](NC(=O)CCC(F)(F)C(F)(F)C(F)(F)C(F)(F)C(F)(F)C(F)(F)C(F)(F)C(F)(F)F)C(=O)NCCCC(F)(F)C(F)(F)C(F)(F)C(F)(F)C(F)(F)C(F)(F)C(F)(F)C(F)(F)CCCCCCCCCCC(=O)NCCO[C@@H]1O[C@H](CO)[C@H](O)[C@H](O)[C@H]1O.O=C(O)C(F)(F)F. The molecular formula is C49H60F36N4O11. The molecule has 594 valence electrons. The number of amides is 3. The number of rotatable bonds is 42. The lowest BCUT2D eigenvalue weighted by molar-refractivity contribution is -0.461. The summed E-state index contributed by atoms with van der Waals surface area (Å²) in [4.78, 5) is 45.9. The Morgan fingerprint density at radius 2 is 0.770 bits per heavy atom. The van der Waals surface area contributed by atoms with Gasteiger partial charge in [-0.15, -0.1) is 0 Å². The maximum absolute atomic E-state index is 14.6. The molecule has 0 aromatic rings. The zero-order valence-corrected chi connectivity index (χ0v) is 49.9. The third kappa shape index (κ3) is 20.3. The van der Waals surface area contributed by atoms with Gasteiger partial charge in [-0.05, 0) is 45.1 Å². The van der Waals surface area contributed by atoms with Crippen molar-refractivity contribution in [3.8, 4) is 0 Å². The number of carboxylic acids is 1. The minimum Gasteiger partial charge on any atom is -0.475 e. The number of nitrogens with two attached hydrogens (primary N) is 1. The minimum absolute atomic E-state index is 0.0485. The molecule has 10 N–H and O–H groups in total. The van der Waals surface area contributed by atoms with Crippen LogP contribution in [0.4, 0.5) is 158 Å². The van der Waals surface area contributed by atoms with Crippen molar-refractivity contribution in [3.05, 3.63) is 0 Å². The summed E-state index contributed by atoms with van der Waals surface area (Å²) in [6.07, 6.45) is -37.7. The van der Waals surface area contributed by atoms with E-state index in [1.165, 1.54) is 10.6 Å². The maximum Gasteiger partial charge on any atom is 0.490 e. The maximum atomic E-state index is 14.6. The number of aliphatic hydroxyl groups is 4. The molecule has 100 heavy (non-hydrogen) atoms. The Hall–Kier alpha value is -4.92. The van der Waals surface area contributed by atoms with E-state index in [0.717, 1.165) is 0 Å². The van der Waals surface area contributed by atoms with Crippen molar-refractivity contribution in [2.24, 2.45) is 5.73 Å². The second kappa shape index (κ2) is 34.3. The van der Waals surface area contributed by atoms with Crippen LogP contribution in [0.5, 0.6) is 0 Å². The number of nitrogens with one attached hydrogen (secondary N) is 3. The number of carbonyl (C=O) groups excluding carboxylic acids is 3. The standard InChI is InChI=1S/C47H59F33N4O9.C2HF3O2/c48-32(49,15-9-6-4-2-1-3-5-7-13-25(86)82-20-21-92-31-29(90)28(89)27(88)24(22-85)93-31)35(54,55)38(60,61)41(66,67)42(68,69)39(62,63)36(56,57)33(50,51)16-11-19-83-30(91)23(12-8-10-18-81)84-26(87)14-17-34(52,53)37(58,59)40(64,65)43(70,71)44(72,73)45(74,75)46(76,77)47(78,79)80;3-2(4,5)1(6)7/h23-24,27-29,31,85,88-90H,1-22,81H2,(H,82,86)(H,83,91)(H,84,87);(H,6,7)/t23-,24+,27-,28-,29+,31+;/m0./s1. The topological polar surface area (TPSA) is 250 Å². The van der Waals surface area contributed by atoms with Gasteiger partial charge in [0.1, 0.15) is 30.5 Å². The van der Waals surface area contributed by atoms with Gasteiger partial charge in [-0.3, -0.25) is 14.4 Å². The van der Waals surface area contributed by atoms with E-state index in [9.17, 15) is 193 Å². The second-order valence-electron chi connectivity index (χ2n) is 21.9. The van der Waals surface area contributed by atoms with Gasteiger partial charge < -0.3 is 56.7 Å². The highest BCUT2D eigenvalue weighted by Crippen LogP contribution is 2.66. The summed E-state index contributed by atoms with van der Waals surface area (Å²) in [7, 11) is 0. The highest BCUT2D eigenvalue weighted by Gasteiger charge is 2.96. The average Bonchev–Trinajstić information content (AvgIpc) is 0.702. The Labute approximate surface area is 537 Å². The number of hydrogen-bond acceptors (Lipinski definition) is 11. The number of carbonyl (C=O) groups is 4. The molecule has 0 spiro atoms. The van der Waals surface area contributed by atoms with Crippen molar-refractivity contribution in [2.75, 3.05) is 32.8 Å². The molecule has 6 atom stereocenters. The van der Waals surface area contributed by atoms with E-state index in [0.29, 0.717) is 12.8 Å². The Balaban J connectivity index is 0.0000132. The summed E-state index contributed by atoms with van der Waals surface area (Å²) in [5, 5.41) is 50.7. The molecule has 0 saturated carbocycles. The second-order valence-corrected chi connectivity index (χ2v) is 21.9. The number of carboxylic acid groups (broad SMARTS) is 1. The van der Waals surface area contributed by atoms with Gasteiger partial charge in [0, 0.05) is 45.2 Å². The van der Waals surface area contributed by atoms with E-state index in [1.54, 1.807) is 0 Å². The lowest BCUT2D eigenvalue weighted by atomic mass is 9.86. The van der Waals surface area contributed by atoms with Crippen molar-refractivity contribution >= 4 is 23.7 Å². The predicted octanol–water partition coefficient (Wildman–Crippen LogP) is 11.8. The van der Waals surface area contributed by atoms with Crippen molar-refractivity contribution < 1.29 is 212 Å². The molecular weight excluding hydrogens is 1500 g/mol. The predicted molar refractivity (Wildman–Crippen MR) is 259 cm³/mol. The summed E-state index contributed by atoms with van der Waals surface area (Å²) < 4.78 is 507. The Morgan fingerprint density at radius 1 is 0.410 bits per heavy atom. The molecule has 0 bridgehead atoms. The minimum atomic E-state index is -9.01. The number of aliphatic carboxylic acids is 1. The van der Waals surface area contributed by atoms with Crippen LogP contribution in [-0.4, -0.2) is 220 Å². The summed E-state index contributed by atoms with van der Waals surface area (Å²) >= 11 is 0. The highest BCUT2D eigenvalue weighted by molar-refractivity contribution is 5.87. The van der Waals surface area contributed by atoms with Crippen LogP contribution in [0.25, 0.3) is 0 Å². The molecule has 1 heterocycles. The molecule has 0 aromatic heterocycles. The first kappa shape index (κ1) is 95.1. The van der Waals surface area contributed by atoms with Crippen LogP contribution >= 0.6 is 0 Å². The van der Waals surface area contributed by atoms with Gasteiger partial charge in [0.2, 0.25) is 17.7 Å². The first-order valence-corrected chi connectivity index (χ1v) is 28.0. The van der Waals surface area contributed by atoms with Crippen LogP contribution in [0.15, 0.2) is 0 Å². The van der Waals surface area contributed by atoms with Gasteiger partial charge in [0.15, 0.2) is 6.29 Å². The molecule has 0 unspecified atom stereocenters. The zero-order valence-electron chi connectivity index (χ0n) is 49.9. The van der Waals surface area contributed by atoms with E-state index in [-0.39, 0.29) is 51.7 Å². The van der Waals surface area contributed by atoms with Gasteiger partial charge in [-0.1, -0.05) is 38.5 Å². The van der Waals surface area contributed by atoms with Crippen molar-refractivity contribution in [1.29, 1.82) is 0 Å². The number of alkyl halides is 36. The van der Waals surface area contributed by atoms with Gasteiger partial charge in [0.25, 0.3) is 0 Å². The van der Waals surface area contributed by atoms with Gasteiger partial charge in [-0.2, -0.15) is 158 Å². The fraction of sp³-hybridized carbons (Fsp3) is 0.918. The van der Waals surface area contributed by atoms with Crippen LogP contribution in [0, 0.1) is 0 Å². The number of halogens is 36. The average molecular weight is 1560 g/mol. The normalized spacial score (nSPS) is 19.4. The Morgan fingerprint density at radius 3 is 1.15 bits per heavy atom. The van der Waals surface area contributed by atoms with Crippen LogP contribution in [-0.2, 0) is 28.7 Å². The molecule has 51 heteroatoms. The van der Waals surface area contributed by atoms with Crippen molar-refractivity contribution in [1.82, 2.24) is 16.0 Å². The summed E-state index contributed by atoms with van der Waals surface area (Å²) in [6, 6.07) is -2.48. The molecule has 1 aliphatic heterocycles. The van der Waals surface area contributed by atoms with Gasteiger partial charge >= 0.3 is 107 Å². The van der Waals surface area contributed by atoms with Crippen LogP contribution in [0.2, 0.25) is 0 Å². The third-order valence-electron chi connectivity index (χ3n) is 14.4. The van der Waals surface area contributed by atoms with E-state index in [4.69, 9.17) is 25.1 Å². The van der Waals surface area contributed by atoms with Gasteiger partial charge in [0.05, 0.1) is 13.2 Å². The largest absolute Gasteiger partial charge is 0.490 e. The quantitative estimate of drug-likeness (QED) is 0.0205. The van der Waals surface area contributed by atoms with Crippen molar-refractivity contribution in [3.63, 3.8) is 0 Å². The molecule has 3 amide bonds. The van der Waals surface area contributed by atoms with Crippen LogP contribution in [0.3, 0.4) is 0 Å². The number of hydrogen-bond donors (Lipinski definition) is 9. The molecule has 1 aliphatic rings. The molecule has 1 rings (SSSR count). The third-order valence-corrected chi connectivity index (χ3v) is 14.4. The Bertz CT molecular complexity index is 2600. The van der Waals surface area contributed by atoms with E-state index in [1.807, 2.05) is 0 Å². The fourth-order valence-electron chi connectivity index (χ4n) is 8.21. The van der Waals surface area contributed by atoms with E-state index >= 15 is 0 Å². The molecule has 0 aromatic carbocycles. The summed E-state index contributed by atoms with van der Waals surface area (Å²) in [6.45, 7) is -3.32. The molecule has 0 aliphatic carbocycles. The fourth-order valence-corrected chi connectivity index (χ4v) is 8.21. The first-order chi connectivity index (χ1) is 44.5. The first-order valence-electron chi connectivity index (χ1n) is 28.0. The lowest BCUT2D eigenvalue weighted by Gasteiger charge is -2.43. The van der Waals surface area contributed by atoms with Crippen LogP contribution < -0.4 is 21.7 Å². The number of ether oxygens (including phenoxy) is 2. The van der Waals surface area contributed by atoms with Crippen molar-refractivity contribution in [2.45, 2.75) is 247 Å². The molecule has 0 radical (unpaired) electrons. The van der Waals surface area contributed by atoms with E-state index < -0.39 is 239 Å². The van der Waals surface area contributed by atoms with Gasteiger partial charge in [-0.25, -0.2) is 4.79 Å². The summed E-state index contributed by atoms with van der Waals surface area (Å²) in [5.74, 6) is -132. The summed E-state index contributed by atoms with van der Waals surface area (Å²) in [5.41, 5.74) is 5.14. The lowest BCUT2D eigenvalue weighted by Crippen LogP contribution is -2.74. The molecule has 1 saturated heterocycles. The van der Waals surface area contributed by atoms with E-state index in [2.05, 4.69) is 5.32 Å². The highest BCUT2D eigenvalue weighted by atomic mass is 19.4. The van der Waals surface area contributed by atoms with Crippen LogP contribution in [0.1, 0.15) is 109 Å². The smallest absolute Gasteiger partial charge is 0.475 e.